The van der Waals surface area contributed by atoms with Gasteiger partial charge in [0.2, 0.25) is 5.91 Å². The normalized spacial score (nSPS) is 18.6. The van der Waals surface area contributed by atoms with Crippen molar-refractivity contribution in [2.45, 2.75) is 52.0 Å². The largest absolute Gasteiger partial charge is 0.340 e. The number of imidazole rings is 1. The van der Waals surface area contributed by atoms with E-state index in [0.29, 0.717) is 18.4 Å². The Morgan fingerprint density at radius 2 is 2.30 bits per heavy atom. The molecule has 1 amide bonds. The van der Waals surface area contributed by atoms with Crippen LogP contribution in [0.3, 0.4) is 0 Å². The van der Waals surface area contributed by atoms with Crippen LogP contribution in [-0.4, -0.2) is 38.4 Å². The zero-order valence-electron chi connectivity index (χ0n) is 14.0. The third-order valence-electron chi connectivity index (χ3n) is 4.36. The molecule has 6 heteroatoms. The summed E-state index contributed by atoms with van der Waals surface area (Å²) < 4.78 is 2.26. The van der Waals surface area contributed by atoms with Crippen molar-refractivity contribution in [1.82, 2.24) is 19.4 Å². The van der Waals surface area contributed by atoms with Crippen molar-refractivity contribution in [3.63, 3.8) is 0 Å². The second-order valence-corrected chi connectivity index (χ2v) is 7.58. The highest BCUT2D eigenvalue weighted by molar-refractivity contribution is 7.09. The van der Waals surface area contributed by atoms with Crippen molar-refractivity contribution in [2.75, 3.05) is 13.1 Å². The molecular formula is C17H24N4OS. The Balaban J connectivity index is 1.68. The number of aromatic nitrogens is 3. The number of thiazole rings is 1. The highest BCUT2D eigenvalue weighted by atomic mass is 32.1. The van der Waals surface area contributed by atoms with Gasteiger partial charge in [-0.05, 0) is 19.8 Å². The standard InChI is InChI=1S/C17H24N4OS/c1-12(2)17-18-6-8-21(17)15-5-4-7-20(10-15)16(22)9-14-11-23-13(3)19-14/h6,8,11-12,15H,4-5,7,9-10H2,1-3H3/t15-/m1/s1. The second-order valence-electron chi connectivity index (χ2n) is 6.52. The van der Waals surface area contributed by atoms with Gasteiger partial charge in [-0.25, -0.2) is 9.97 Å². The number of piperidine rings is 1. The molecule has 0 radical (unpaired) electrons. The molecule has 0 unspecified atom stereocenters. The Morgan fingerprint density at radius 1 is 1.48 bits per heavy atom. The van der Waals surface area contributed by atoms with Crippen LogP contribution in [0.5, 0.6) is 0 Å². The molecule has 3 rings (SSSR count). The molecule has 23 heavy (non-hydrogen) atoms. The van der Waals surface area contributed by atoms with E-state index in [1.54, 1.807) is 11.3 Å². The summed E-state index contributed by atoms with van der Waals surface area (Å²) in [6, 6.07) is 0.338. The van der Waals surface area contributed by atoms with Gasteiger partial charge in [0.25, 0.3) is 0 Å². The first-order valence-electron chi connectivity index (χ1n) is 8.26. The number of carbonyl (C=O) groups is 1. The van der Waals surface area contributed by atoms with Crippen LogP contribution in [-0.2, 0) is 11.2 Å². The number of hydrogen-bond acceptors (Lipinski definition) is 4. The SMILES string of the molecule is Cc1nc(CC(=O)N2CCC[C@@H](n3ccnc3C(C)C)C2)cs1. The van der Waals surface area contributed by atoms with Crippen molar-refractivity contribution in [1.29, 1.82) is 0 Å². The maximum absolute atomic E-state index is 12.6. The van der Waals surface area contributed by atoms with Gasteiger partial charge in [-0.1, -0.05) is 13.8 Å². The van der Waals surface area contributed by atoms with E-state index in [0.717, 1.165) is 42.5 Å². The fraction of sp³-hybridized carbons (Fsp3) is 0.588. The highest BCUT2D eigenvalue weighted by Gasteiger charge is 2.26. The van der Waals surface area contributed by atoms with Gasteiger partial charge in [0.15, 0.2) is 0 Å². The summed E-state index contributed by atoms with van der Waals surface area (Å²) in [7, 11) is 0. The fourth-order valence-electron chi connectivity index (χ4n) is 3.25. The van der Waals surface area contributed by atoms with Crippen molar-refractivity contribution in [2.24, 2.45) is 0 Å². The topological polar surface area (TPSA) is 51.0 Å². The molecular weight excluding hydrogens is 308 g/mol. The summed E-state index contributed by atoms with van der Waals surface area (Å²) in [5.74, 6) is 1.69. The maximum atomic E-state index is 12.6. The minimum Gasteiger partial charge on any atom is -0.340 e. The van der Waals surface area contributed by atoms with Crippen molar-refractivity contribution in [3.8, 4) is 0 Å². The lowest BCUT2D eigenvalue weighted by atomic mass is 10.0. The minimum atomic E-state index is 0.186. The molecule has 1 aliphatic heterocycles. The molecule has 1 fully saturated rings. The number of likely N-dealkylation sites (tertiary alicyclic amines) is 1. The Hall–Kier alpha value is -1.69. The average Bonchev–Trinajstić information content (AvgIpc) is 3.16. The maximum Gasteiger partial charge on any atom is 0.228 e. The highest BCUT2D eigenvalue weighted by Crippen LogP contribution is 2.26. The number of amides is 1. The van der Waals surface area contributed by atoms with E-state index >= 15 is 0 Å². The zero-order chi connectivity index (χ0) is 16.4. The van der Waals surface area contributed by atoms with Crippen molar-refractivity contribution >= 4 is 17.2 Å². The summed E-state index contributed by atoms with van der Waals surface area (Å²) in [5, 5.41) is 3.01. The Labute approximate surface area is 141 Å². The van der Waals surface area contributed by atoms with Crippen LogP contribution in [0.2, 0.25) is 0 Å². The molecule has 2 aromatic rings. The van der Waals surface area contributed by atoms with Gasteiger partial charge < -0.3 is 9.47 Å². The van der Waals surface area contributed by atoms with Crippen LogP contribution in [0.15, 0.2) is 17.8 Å². The molecule has 0 spiro atoms. The molecule has 5 nitrogen and oxygen atoms in total. The molecule has 0 aromatic carbocycles. The first kappa shape index (κ1) is 16.2. The lowest BCUT2D eigenvalue weighted by molar-refractivity contribution is -0.132. The third-order valence-corrected chi connectivity index (χ3v) is 5.18. The van der Waals surface area contributed by atoms with E-state index in [-0.39, 0.29) is 5.91 Å². The van der Waals surface area contributed by atoms with Gasteiger partial charge in [-0.3, -0.25) is 4.79 Å². The summed E-state index contributed by atoms with van der Waals surface area (Å²) in [6.07, 6.45) is 6.49. The first-order chi connectivity index (χ1) is 11.0. The predicted octanol–water partition coefficient (Wildman–Crippen LogP) is 3.18. The minimum absolute atomic E-state index is 0.186. The number of hydrogen-bond donors (Lipinski definition) is 0. The summed E-state index contributed by atoms with van der Waals surface area (Å²) in [6.45, 7) is 7.93. The lowest BCUT2D eigenvalue weighted by Gasteiger charge is -2.34. The van der Waals surface area contributed by atoms with Crippen LogP contribution >= 0.6 is 11.3 Å². The van der Waals surface area contributed by atoms with E-state index < -0.39 is 0 Å². The molecule has 1 saturated heterocycles. The summed E-state index contributed by atoms with van der Waals surface area (Å²) >= 11 is 1.60. The smallest absolute Gasteiger partial charge is 0.228 e. The van der Waals surface area contributed by atoms with Gasteiger partial charge in [0.1, 0.15) is 5.82 Å². The molecule has 0 bridgehead atoms. The summed E-state index contributed by atoms with van der Waals surface area (Å²) in [5.41, 5.74) is 0.894. The first-order valence-corrected chi connectivity index (χ1v) is 9.14. The molecule has 2 aromatic heterocycles. The number of nitrogens with zero attached hydrogens (tertiary/aromatic N) is 4. The number of rotatable bonds is 4. The molecule has 124 valence electrons. The van der Waals surface area contributed by atoms with Crippen molar-refractivity contribution < 1.29 is 4.79 Å². The molecule has 3 heterocycles. The lowest BCUT2D eigenvalue weighted by Crippen LogP contribution is -2.41. The fourth-order valence-corrected chi connectivity index (χ4v) is 3.86. The Kier molecular flexibility index (Phi) is 4.80. The number of aryl methyl sites for hydroxylation is 1. The number of carbonyl (C=O) groups excluding carboxylic acids is 1. The van der Waals surface area contributed by atoms with Crippen LogP contribution in [0.25, 0.3) is 0 Å². The van der Waals surface area contributed by atoms with E-state index in [1.165, 1.54) is 0 Å². The monoisotopic (exact) mass is 332 g/mol. The third kappa shape index (κ3) is 3.63. The van der Waals surface area contributed by atoms with Gasteiger partial charge in [-0.2, -0.15) is 0 Å². The van der Waals surface area contributed by atoms with E-state index in [9.17, 15) is 4.79 Å². The van der Waals surface area contributed by atoms with Gasteiger partial charge in [0.05, 0.1) is 23.2 Å². The Bertz CT molecular complexity index is 676. The quantitative estimate of drug-likeness (QED) is 0.864. The second kappa shape index (κ2) is 6.83. The van der Waals surface area contributed by atoms with E-state index in [2.05, 4.69) is 34.6 Å². The predicted molar refractivity (Wildman–Crippen MR) is 91.7 cm³/mol. The van der Waals surface area contributed by atoms with Crippen molar-refractivity contribution in [3.05, 3.63) is 34.3 Å². The molecule has 0 aliphatic carbocycles. The van der Waals surface area contributed by atoms with E-state index in [1.807, 2.05) is 23.4 Å². The van der Waals surface area contributed by atoms with Gasteiger partial charge in [0, 0.05) is 36.8 Å². The molecule has 0 saturated carbocycles. The zero-order valence-corrected chi connectivity index (χ0v) is 14.8. The molecule has 0 N–H and O–H groups in total. The van der Waals surface area contributed by atoms with Crippen LogP contribution in [0, 0.1) is 6.92 Å². The molecule has 1 atom stereocenters. The summed E-state index contributed by atoms with van der Waals surface area (Å²) in [4.78, 5) is 23.5. The van der Waals surface area contributed by atoms with Gasteiger partial charge >= 0.3 is 0 Å². The van der Waals surface area contributed by atoms with Crippen LogP contribution in [0.4, 0.5) is 0 Å². The Morgan fingerprint density at radius 3 is 3.00 bits per heavy atom. The molecule has 1 aliphatic rings. The van der Waals surface area contributed by atoms with Crippen LogP contribution in [0.1, 0.15) is 55.2 Å². The average molecular weight is 332 g/mol. The van der Waals surface area contributed by atoms with Crippen LogP contribution < -0.4 is 0 Å². The van der Waals surface area contributed by atoms with Gasteiger partial charge in [-0.15, -0.1) is 11.3 Å². The van der Waals surface area contributed by atoms with E-state index in [4.69, 9.17) is 0 Å².